The van der Waals surface area contributed by atoms with Crippen molar-refractivity contribution in [1.29, 1.82) is 0 Å². The summed E-state index contributed by atoms with van der Waals surface area (Å²) in [7, 11) is 0. The van der Waals surface area contributed by atoms with Crippen molar-refractivity contribution in [1.82, 2.24) is 0 Å². The van der Waals surface area contributed by atoms with Crippen LogP contribution >= 0.6 is 11.6 Å². The van der Waals surface area contributed by atoms with Gasteiger partial charge in [-0.15, -0.1) is 13.2 Å². The van der Waals surface area contributed by atoms with Crippen LogP contribution in [0.3, 0.4) is 0 Å². The van der Waals surface area contributed by atoms with Crippen molar-refractivity contribution in [2.24, 2.45) is 0 Å². The molecule has 0 saturated carbocycles. The molecule has 2 aromatic rings. The molecule has 0 aliphatic carbocycles. The molecule has 8 heteroatoms. The molecular weight excluding hydrogens is 371 g/mol. The zero-order valence-electron chi connectivity index (χ0n) is 13.7. The van der Waals surface area contributed by atoms with E-state index in [1.807, 2.05) is 6.07 Å². The molecule has 0 unspecified atom stereocenters. The number of hydrogen-bond acceptors (Lipinski definition) is 4. The number of anilines is 1. The van der Waals surface area contributed by atoms with Gasteiger partial charge in [-0.3, -0.25) is 0 Å². The van der Waals surface area contributed by atoms with Crippen LogP contribution in [0.25, 0.3) is 0 Å². The number of hydrogen-bond donors (Lipinski definition) is 1. The molecule has 1 N–H and O–H groups in total. The van der Waals surface area contributed by atoms with Crippen LogP contribution in [0.1, 0.15) is 12.8 Å². The largest absolute Gasteiger partial charge is 0.573 e. The molecule has 0 amide bonds. The van der Waals surface area contributed by atoms with E-state index in [1.54, 1.807) is 12.1 Å². The number of benzene rings is 2. The van der Waals surface area contributed by atoms with Crippen LogP contribution in [0.15, 0.2) is 42.5 Å². The second kappa shape index (κ2) is 7.53. The van der Waals surface area contributed by atoms with Crippen LogP contribution in [0.2, 0.25) is 5.02 Å². The van der Waals surface area contributed by atoms with Crippen molar-refractivity contribution < 1.29 is 27.8 Å². The van der Waals surface area contributed by atoms with E-state index in [2.05, 4.69) is 9.64 Å². The van der Waals surface area contributed by atoms with E-state index in [0.29, 0.717) is 10.8 Å². The van der Waals surface area contributed by atoms with Crippen LogP contribution in [-0.4, -0.2) is 30.7 Å². The van der Waals surface area contributed by atoms with Gasteiger partial charge in [-0.05, 0) is 42.5 Å². The summed E-state index contributed by atoms with van der Waals surface area (Å²) in [5, 5.41) is 9.80. The minimum absolute atomic E-state index is 0.0202. The Kier molecular flexibility index (Phi) is 5.36. The summed E-state index contributed by atoms with van der Waals surface area (Å²) in [6.45, 7) is 1.50. The first-order valence-electron chi connectivity index (χ1n) is 8.06. The summed E-state index contributed by atoms with van der Waals surface area (Å²) >= 11 is 5.94. The third kappa shape index (κ3) is 4.88. The fraction of sp³-hybridized carbons (Fsp3) is 0.333. The quantitative estimate of drug-likeness (QED) is 0.802. The lowest BCUT2D eigenvalue weighted by Crippen LogP contribution is -2.38. The Bertz CT molecular complexity index is 744. The van der Waals surface area contributed by atoms with Crippen molar-refractivity contribution in [3.05, 3.63) is 47.5 Å². The topological polar surface area (TPSA) is 41.9 Å². The Labute approximate surface area is 153 Å². The summed E-state index contributed by atoms with van der Waals surface area (Å²) in [4.78, 5) is 2.14. The van der Waals surface area contributed by atoms with Crippen molar-refractivity contribution in [2.75, 3.05) is 18.0 Å². The van der Waals surface area contributed by atoms with Crippen LogP contribution in [0.5, 0.6) is 17.2 Å². The second-order valence-corrected chi connectivity index (χ2v) is 6.37. The molecule has 0 bridgehead atoms. The van der Waals surface area contributed by atoms with E-state index in [1.165, 1.54) is 24.3 Å². The molecule has 4 nitrogen and oxygen atoms in total. The average molecular weight is 388 g/mol. The zero-order chi connectivity index (χ0) is 18.7. The van der Waals surface area contributed by atoms with Gasteiger partial charge in [-0.1, -0.05) is 11.6 Å². The number of alkyl halides is 3. The van der Waals surface area contributed by atoms with Crippen molar-refractivity contribution in [2.45, 2.75) is 25.3 Å². The summed E-state index contributed by atoms with van der Waals surface area (Å²) in [5.74, 6) is 0.279. The first-order chi connectivity index (χ1) is 12.3. The molecule has 2 aromatic carbocycles. The normalized spacial score (nSPS) is 15.8. The predicted molar refractivity (Wildman–Crippen MR) is 92.1 cm³/mol. The predicted octanol–water partition coefficient (Wildman–Crippen LogP) is 4.99. The van der Waals surface area contributed by atoms with E-state index in [4.69, 9.17) is 16.3 Å². The maximum absolute atomic E-state index is 12.2. The molecule has 1 saturated heterocycles. The highest BCUT2D eigenvalue weighted by molar-refractivity contribution is 6.32. The lowest BCUT2D eigenvalue weighted by Gasteiger charge is -2.33. The van der Waals surface area contributed by atoms with Gasteiger partial charge >= 0.3 is 6.36 Å². The minimum Gasteiger partial charge on any atom is -0.506 e. The molecule has 0 aromatic heterocycles. The lowest BCUT2D eigenvalue weighted by atomic mass is 10.1. The Morgan fingerprint density at radius 2 is 1.62 bits per heavy atom. The first kappa shape index (κ1) is 18.5. The number of phenols is 1. The van der Waals surface area contributed by atoms with Crippen LogP contribution in [0, 0.1) is 0 Å². The smallest absolute Gasteiger partial charge is 0.506 e. The van der Waals surface area contributed by atoms with Crippen LogP contribution in [-0.2, 0) is 0 Å². The van der Waals surface area contributed by atoms with Gasteiger partial charge in [0, 0.05) is 31.6 Å². The van der Waals surface area contributed by atoms with E-state index >= 15 is 0 Å². The number of nitrogens with zero attached hydrogens (tertiary/aromatic N) is 1. The van der Waals surface area contributed by atoms with Gasteiger partial charge in [-0.2, -0.15) is 0 Å². The van der Waals surface area contributed by atoms with Gasteiger partial charge in [-0.25, -0.2) is 0 Å². The molecular formula is C18H17ClF3NO3. The Morgan fingerprint density at radius 3 is 2.19 bits per heavy atom. The Balaban J connectivity index is 1.53. The molecule has 3 rings (SSSR count). The molecule has 1 heterocycles. The van der Waals surface area contributed by atoms with E-state index < -0.39 is 6.36 Å². The van der Waals surface area contributed by atoms with E-state index in [-0.39, 0.29) is 17.6 Å². The average Bonchev–Trinajstić information content (AvgIpc) is 2.59. The van der Waals surface area contributed by atoms with E-state index in [0.717, 1.165) is 31.6 Å². The number of ether oxygens (including phenoxy) is 2. The third-order valence-electron chi connectivity index (χ3n) is 4.10. The lowest BCUT2D eigenvalue weighted by molar-refractivity contribution is -0.274. The number of halogens is 4. The summed E-state index contributed by atoms with van der Waals surface area (Å²) in [5.41, 5.74) is 0.930. The highest BCUT2D eigenvalue weighted by Crippen LogP contribution is 2.31. The summed E-state index contributed by atoms with van der Waals surface area (Å²) in [6.07, 6.45) is -3.20. The second-order valence-electron chi connectivity index (χ2n) is 5.96. The molecule has 1 fully saturated rings. The maximum Gasteiger partial charge on any atom is 0.573 e. The molecule has 1 aliphatic rings. The SMILES string of the molecule is Oc1ccc(N2CCC(Oc3ccc(OC(F)(F)F)cc3)CC2)cc1Cl. The van der Waals surface area contributed by atoms with Gasteiger partial charge in [0.1, 0.15) is 23.4 Å². The first-order valence-corrected chi connectivity index (χ1v) is 8.44. The summed E-state index contributed by atoms with van der Waals surface area (Å²) in [6, 6.07) is 10.5. The standard InChI is InChI=1S/C18H17ClF3NO3/c19-16-11-12(1-6-17(16)24)23-9-7-14(8-10-23)25-13-2-4-15(5-3-13)26-18(20,21)22/h1-6,11,14,24H,7-10H2. The Morgan fingerprint density at radius 1 is 1.00 bits per heavy atom. The fourth-order valence-electron chi connectivity index (χ4n) is 2.84. The Hall–Kier alpha value is -2.28. The van der Waals surface area contributed by atoms with Gasteiger partial charge in [0.05, 0.1) is 5.02 Å². The van der Waals surface area contributed by atoms with Crippen molar-refractivity contribution in [3.8, 4) is 17.2 Å². The maximum atomic E-state index is 12.2. The highest BCUT2D eigenvalue weighted by atomic mass is 35.5. The minimum atomic E-state index is -4.70. The molecule has 0 atom stereocenters. The molecule has 0 radical (unpaired) electrons. The highest BCUT2D eigenvalue weighted by Gasteiger charge is 2.31. The number of piperidine rings is 1. The fourth-order valence-corrected chi connectivity index (χ4v) is 3.01. The van der Waals surface area contributed by atoms with Gasteiger partial charge < -0.3 is 19.5 Å². The number of phenolic OH excluding ortho intramolecular Hbond substituents is 1. The molecule has 140 valence electrons. The molecule has 26 heavy (non-hydrogen) atoms. The zero-order valence-corrected chi connectivity index (χ0v) is 14.4. The molecule has 0 spiro atoms. The summed E-state index contributed by atoms with van der Waals surface area (Å²) < 4.78 is 46.1. The number of aromatic hydroxyl groups is 1. The van der Waals surface area contributed by atoms with Crippen LogP contribution < -0.4 is 14.4 Å². The number of rotatable bonds is 4. The monoisotopic (exact) mass is 387 g/mol. The van der Waals surface area contributed by atoms with Gasteiger partial charge in [0.15, 0.2) is 0 Å². The van der Waals surface area contributed by atoms with Crippen LogP contribution in [0.4, 0.5) is 18.9 Å². The third-order valence-corrected chi connectivity index (χ3v) is 4.40. The van der Waals surface area contributed by atoms with Crippen molar-refractivity contribution >= 4 is 17.3 Å². The van der Waals surface area contributed by atoms with Gasteiger partial charge in [0.2, 0.25) is 0 Å². The van der Waals surface area contributed by atoms with Crippen molar-refractivity contribution in [3.63, 3.8) is 0 Å². The van der Waals surface area contributed by atoms with E-state index in [9.17, 15) is 18.3 Å². The van der Waals surface area contributed by atoms with Gasteiger partial charge in [0.25, 0.3) is 0 Å². The molecule has 1 aliphatic heterocycles.